The molecule has 0 atom stereocenters. The Bertz CT molecular complexity index is 745. The van der Waals surface area contributed by atoms with Gasteiger partial charge in [-0.1, -0.05) is 12.1 Å². The molecule has 0 saturated heterocycles. The van der Waals surface area contributed by atoms with Crippen molar-refractivity contribution < 1.29 is 19.0 Å². The first-order valence-corrected chi connectivity index (χ1v) is 8.00. The Kier molecular flexibility index (Phi) is 4.85. The molecule has 0 spiro atoms. The molecule has 0 radical (unpaired) electrons. The lowest BCUT2D eigenvalue weighted by molar-refractivity contribution is 0.104. The van der Waals surface area contributed by atoms with Crippen LogP contribution in [0.15, 0.2) is 48.5 Å². The molecule has 0 bridgehead atoms. The van der Waals surface area contributed by atoms with E-state index in [-0.39, 0.29) is 11.9 Å². The first-order chi connectivity index (χ1) is 11.6. The number of ketones is 1. The normalized spacial score (nSPS) is 13.3. The number of ether oxygens (including phenoxy) is 3. The Morgan fingerprint density at radius 1 is 1.04 bits per heavy atom. The molecule has 0 amide bonds. The van der Waals surface area contributed by atoms with Crippen molar-refractivity contribution in [3.63, 3.8) is 0 Å². The van der Waals surface area contributed by atoms with Gasteiger partial charge in [0.05, 0.1) is 6.10 Å². The Morgan fingerprint density at radius 3 is 2.46 bits per heavy atom. The van der Waals surface area contributed by atoms with Crippen molar-refractivity contribution in [2.75, 3.05) is 13.2 Å². The summed E-state index contributed by atoms with van der Waals surface area (Å²) in [4.78, 5) is 12.3. The molecule has 0 saturated carbocycles. The summed E-state index contributed by atoms with van der Waals surface area (Å²) in [5.41, 5.74) is 1.52. The highest BCUT2D eigenvalue weighted by Crippen LogP contribution is 2.31. The van der Waals surface area contributed by atoms with E-state index in [0.717, 1.165) is 17.1 Å². The monoisotopic (exact) mass is 324 g/mol. The summed E-state index contributed by atoms with van der Waals surface area (Å²) in [6, 6.07) is 12.8. The van der Waals surface area contributed by atoms with Gasteiger partial charge < -0.3 is 14.2 Å². The first kappa shape index (κ1) is 16.1. The fourth-order valence-corrected chi connectivity index (χ4v) is 2.40. The van der Waals surface area contributed by atoms with Gasteiger partial charge in [0.25, 0.3) is 0 Å². The maximum absolute atomic E-state index is 12.3. The summed E-state index contributed by atoms with van der Waals surface area (Å²) in [6.07, 6.45) is 3.45. The van der Waals surface area contributed by atoms with Crippen molar-refractivity contribution in [2.24, 2.45) is 0 Å². The summed E-state index contributed by atoms with van der Waals surface area (Å²) >= 11 is 0. The minimum absolute atomic E-state index is 0.0546. The average Bonchev–Trinajstić information content (AvgIpc) is 2.59. The number of carbonyl (C=O) groups excluding carboxylic acids is 1. The van der Waals surface area contributed by atoms with Crippen LogP contribution in [0.5, 0.6) is 17.2 Å². The molecular formula is C20H20O4. The molecule has 1 aliphatic rings. The van der Waals surface area contributed by atoms with Gasteiger partial charge in [-0.2, -0.15) is 0 Å². The van der Waals surface area contributed by atoms with E-state index in [1.807, 2.05) is 44.2 Å². The first-order valence-electron chi connectivity index (χ1n) is 8.00. The van der Waals surface area contributed by atoms with E-state index in [1.54, 1.807) is 24.3 Å². The number of fused-ring (bicyclic) bond motifs is 1. The molecule has 0 N–H and O–H groups in total. The third-order valence-corrected chi connectivity index (χ3v) is 3.50. The summed E-state index contributed by atoms with van der Waals surface area (Å²) in [5.74, 6) is 2.16. The van der Waals surface area contributed by atoms with Crippen molar-refractivity contribution in [1.29, 1.82) is 0 Å². The highest BCUT2D eigenvalue weighted by molar-refractivity contribution is 6.06. The van der Waals surface area contributed by atoms with Gasteiger partial charge in [-0.25, -0.2) is 0 Å². The molecule has 0 fully saturated rings. The lowest BCUT2D eigenvalue weighted by Crippen LogP contribution is -2.15. The van der Waals surface area contributed by atoms with E-state index in [0.29, 0.717) is 24.5 Å². The van der Waals surface area contributed by atoms with Crippen molar-refractivity contribution in [3.05, 3.63) is 59.7 Å². The number of benzene rings is 2. The summed E-state index contributed by atoms with van der Waals surface area (Å²) in [7, 11) is 0. The van der Waals surface area contributed by atoms with E-state index in [9.17, 15) is 4.79 Å². The van der Waals surface area contributed by atoms with E-state index >= 15 is 0 Å². The van der Waals surface area contributed by atoms with Gasteiger partial charge in [-0.15, -0.1) is 0 Å². The molecule has 2 aromatic carbocycles. The standard InChI is InChI=1S/C20H20O4/c1-14(2)24-17-7-5-16(6-8-17)18(21)9-3-15-4-10-19-20(13-15)23-12-11-22-19/h3-10,13-14H,11-12H2,1-2H3/b9-3+. The third-order valence-electron chi connectivity index (χ3n) is 3.50. The van der Waals surface area contributed by atoms with Gasteiger partial charge in [0.2, 0.25) is 0 Å². The van der Waals surface area contributed by atoms with Gasteiger partial charge in [0, 0.05) is 5.56 Å². The van der Waals surface area contributed by atoms with Crippen LogP contribution in [-0.2, 0) is 0 Å². The topological polar surface area (TPSA) is 44.8 Å². The highest BCUT2D eigenvalue weighted by Gasteiger charge is 2.11. The van der Waals surface area contributed by atoms with Crippen molar-refractivity contribution in [3.8, 4) is 17.2 Å². The molecule has 1 heterocycles. The number of allylic oxidation sites excluding steroid dienone is 1. The summed E-state index contributed by atoms with van der Waals surface area (Å²) in [6.45, 7) is 5.05. The zero-order valence-electron chi connectivity index (χ0n) is 13.8. The van der Waals surface area contributed by atoms with Crippen molar-refractivity contribution in [2.45, 2.75) is 20.0 Å². The second kappa shape index (κ2) is 7.21. The van der Waals surface area contributed by atoms with Crippen LogP contribution >= 0.6 is 0 Å². The van der Waals surface area contributed by atoms with Gasteiger partial charge >= 0.3 is 0 Å². The van der Waals surface area contributed by atoms with Crippen LogP contribution < -0.4 is 14.2 Å². The lowest BCUT2D eigenvalue weighted by atomic mass is 10.1. The maximum atomic E-state index is 12.3. The molecule has 1 aliphatic heterocycles. The fraction of sp³-hybridized carbons (Fsp3) is 0.250. The smallest absolute Gasteiger partial charge is 0.185 e. The molecule has 2 aromatic rings. The van der Waals surface area contributed by atoms with Crippen LogP contribution in [0, 0.1) is 0 Å². The zero-order chi connectivity index (χ0) is 16.9. The molecule has 0 aromatic heterocycles. The van der Waals surface area contributed by atoms with Crippen LogP contribution in [0.4, 0.5) is 0 Å². The Morgan fingerprint density at radius 2 is 1.75 bits per heavy atom. The SMILES string of the molecule is CC(C)Oc1ccc(C(=O)/C=C/c2ccc3c(c2)OCCO3)cc1. The van der Waals surface area contributed by atoms with Gasteiger partial charge in [-0.05, 0) is 61.9 Å². The number of rotatable bonds is 5. The third kappa shape index (κ3) is 3.96. The van der Waals surface area contributed by atoms with Gasteiger partial charge in [-0.3, -0.25) is 4.79 Å². The summed E-state index contributed by atoms with van der Waals surface area (Å²) in [5, 5.41) is 0. The molecule has 0 unspecified atom stereocenters. The van der Waals surface area contributed by atoms with Gasteiger partial charge in [0.1, 0.15) is 19.0 Å². The minimum Gasteiger partial charge on any atom is -0.491 e. The Hall–Kier alpha value is -2.75. The van der Waals surface area contributed by atoms with Crippen LogP contribution in [-0.4, -0.2) is 25.1 Å². The summed E-state index contributed by atoms with van der Waals surface area (Å²) < 4.78 is 16.6. The van der Waals surface area contributed by atoms with Crippen LogP contribution in [0.2, 0.25) is 0 Å². The number of carbonyl (C=O) groups is 1. The van der Waals surface area contributed by atoms with Crippen molar-refractivity contribution in [1.82, 2.24) is 0 Å². The molecule has 0 aliphatic carbocycles. The molecule has 4 heteroatoms. The average molecular weight is 324 g/mol. The number of hydrogen-bond acceptors (Lipinski definition) is 4. The predicted octanol–water partition coefficient (Wildman–Crippen LogP) is 4.14. The highest BCUT2D eigenvalue weighted by atomic mass is 16.6. The zero-order valence-corrected chi connectivity index (χ0v) is 13.8. The van der Waals surface area contributed by atoms with E-state index in [2.05, 4.69) is 0 Å². The van der Waals surface area contributed by atoms with Crippen LogP contribution in [0.25, 0.3) is 6.08 Å². The minimum atomic E-state index is -0.0546. The van der Waals surface area contributed by atoms with Gasteiger partial charge in [0.15, 0.2) is 17.3 Å². The van der Waals surface area contributed by atoms with Crippen LogP contribution in [0.3, 0.4) is 0 Å². The lowest BCUT2D eigenvalue weighted by Gasteiger charge is -2.18. The Balaban J connectivity index is 1.68. The van der Waals surface area contributed by atoms with E-state index < -0.39 is 0 Å². The Labute approximate surface area is 141 Å². The quantitative estimate of drug-likeness (QED) is 0.612. The molecular weight excluding hydrogens is 304 g/mol. The molecule has 124 valence electrons. The van der Waals surface area contributed by atoms with Crippen LogP contribution in [0.1, 0.15) is 29.8 Å². The molecule has 24 heavy (non-hydrogen) atoms. The van der Waals surface area contributed by atoms with E-state index in [1.165, 1.54) is 0 Å². The predicted molar refractivity (Wildman–Crippen MR) is 93.0 cm³/mol. The second-order valence-corrected chi connectivity index (χ2v) is 5.79. The second-order valence-electron chi connectivity index (χ2n) is 5.79. The van der Waals surface area contributed by atoms with E-state index in [4.69, 9.17) is 14.2 Å². The maximum Gasteiger partial charge on any atom is 0.185 e. The molecule has 3 rings (SSSR count). The number of hydrogen-bond donors (Lipinski definition) is 0. The fourth-order valence-electron chi connectivity index (χ4n) is 2.40. The van der Waals surface area contributed by atoms with Crippen molar-refractivity contribution >= 4 is 11.9 Å². The largest absolute Gasteiger partial charge is 0.491 e. The molecule has 4 nitrogen and oxygen atoms in total.